The van der Waals surface area contributed by atoms with Gasteiger partial charge in [-0.1, -0.05) is 12.1 Å². The second kappa shape index (κ2) is 8.26. The van der Waals surface area contributed by atoms with E-state index in [4.69, 9.17) is 9.47 Å². The lowest BCUT2D eigenvalue weighted by Crippen LogP contribution is -2.31. The van der Waals surface area contributed by atoms with E-state index < -0.39 is 11.2 Å². The molecule has 0 unspecified atom stereocenters. The predicted octanol–water partition coefficient (Wildman–Crippen LogP) is 3.44. The first-order valence-electron chi connectivity index (χ1n) is 8.38. The number of hydrogen-bond acceptors (Lipinski definition) is 6. The van der Waals surface area contributed by atoms with E-state index in [-0.39, 0.29) is 24.7 Å². The maximum atomic E-state index is 12.2. The lowest BCUT2D eigenvalue weighted by molar-refractivity contribution is -0.145. The van der Waals surface area contributed by atoms with Crippen molar-refractivity contribution >= 4 is 35.1 Å². The molecule has 1 atom stereocenters. The van der Waals surface area contributed by atoms with Crippen molar-refractivity contribution in [2.24, 2.45) is 0 Å². The average Bonchev–Trinajstić information content (AvgIpc) is 2.66. The molecule has 0 saturated carbocycles. The Morgan fingerprint density at radius 3 is 2.70 bits per heavy atom. The highest BCUT2D eigenvalue weighted by atomic mass is 32.2. The molecule has 2 aromatic carbocycles. The van der Waals surface area contributed by atoms with Crippen LogP contribution < -0.4 is 10.1 Å². The molecule has 0 radical (unpaired) electrons. The molecular formula is C20H19NO5S. The second-order valence-electron chi connectivity index (χ2n) is 6.04. The molecule has 2 aromatic rings. The Kier molecular flexibility index (Phi) is 5.81. The molecule has 0 spiro atoms. The minimum absolute atomic E-state index is 0.0290. The number of rotatable bonds is 6. The predicted molar refractivity (Wildman–Crippen MR) is 102 cm³/mol. The standard InChI is InChI=1S/C20H19NO5S/c1-12(22)13-7-8-16(25-2)14(9-13)11-26-19(23)10-18-20(24)21-15-5-3-4-6-17(15)27-18/h3-9,18H,10-11H2,1-2H3,(H,21,24)/t18-/m0/s1. The van der Waals surface area contributed by atoms with Gasteiger partial charge in [0.15, 0.2) is 5.78 Å². The van der Waals surface area contributed by atoms with E-state index >= 15 is 0 Å². The number of benzene rings is 2. The third-order valence-electron chi connectivity index (χ3n) is 4.13. The number of Topliss-reactive ketones (excluding diaryl/α,β-unsaturated/α-hetero) is 1. The number of methoxy groups -OCH3 is 1. The lowest BCUT2D eigenvalue weighted by Gasteiger charge is -2.23. The largest absolute Gasteiger partial charge is 0.496 e. The molecule has 140 valence electrons. The van der Waals surface area contributed by atoms with E-state index in [0.717, 1.165) is 10.6 Å². The highest BCUT2D eigenvalue weighted by Gasteiger charge is 2.29. The van der Waals surface area contributed by atoms with Gasteiger partial charge in [0, 0.05) is 16.0 Å². The average molecular weight is 385 g/mol. The van der Waals surface area contributed by atoms with Gasteiger partial charge < -0.3 is 14.8 Å². The first kappa shape index (κ1) is 19.0. The number of anilines is 1. The van der Waals surface area contributed by atoms with Gasteiger partial charge in [0.25, 0.3) is 0 Å². The molecule has 3 rings (SSSR count). The molecule has 1 amide bonds. The number of carbonyl (C=O) groups is 3. The minimum Gasteiger partial charge on any atom is -0.496 e. The summed E-state index contributed by atoms with van der Waals surface area (Å²) in [4.78, 5) is 36.9. The normalized spacial score (nSPS) is 15.5. The number of ether oxygens (including phenoxy) is 2. The van der Waals surface area contributed by atoms with Crippen LogP contribution in [0.5, 0.6) is 5.75 Å². The van der Waals surface area contributed by atoms with Gasteiger partial charge >= 0.3 is 5.97 Å². The van der Waals surface area contributed by atoms with Crippen molar-refractivity contribution in [1.82, 2.24) is 0 Å². The van der Waals surface area contributed by atoms with Crippen molar-refractivity contribution in [3.63, 3.8) is 0 Å². The first-order chi connectivity index (χ1) is 13.0. The topological polar surface area (TPSA) is 81.7 Å². The third-order valence-corrected chi connectivity index (χ3v) is 5.41. The molecule has 27 heavy (non-hydrogen) atoms. The Labute approximate surface area is 161 Å². The second-order valence-corrected chi connectivity index (χ2v) is 7.28. The fourth-order valence-electron chi connectivity index (χ4n) is 2.71. The van der Waals surface area contributed by atoms with Crippen molar-refractivity contribution in [1.29, 1.82) is 0 Å². The van der Waals surface area contributed by atoms with Gasteiger partial charge in [-0.2, -0.15) is 0 Å². The number of esters is 1. The van der Waals surface area contributed by atoms with Crippen LogP contribution >= 0.6 is 11.8 Å². The van der Waals surface area contributed by atoms with Crippen LogP contribution in [-0.2, 0) is 20.9 Å². The van der Waals surface area contributed by atoms with E-state index in [0.29, 0.717) is 16.9 Å². The zero-order valence-electron chi connectivity index (χ0n) is 15.0. The van der Waals surface area contributed by atoms with Gasteiger partial charge in [0.05, 0.1) is 24.5 Å². The van der Waals surface area contributed by atoms with Crippen LogP contribution in [-0.4, -0.2) is 30.0 Å². The summed E-state index contributed by atoms with van der Waals surface area (Å²) in [5, 5.41) is 2.26. The van der Waals surface area contributed by atoms with Crippen molar-refractivity contribution in [2.75, 3.05) is 12.4 Å². The summed E-state index contributed by atoms with van der Waals surface area (Å²) in [5.41, 5.74) is 1.87. The number of para-hydroxylation sites is 1. The van der Waals surface area contributed by atoms with Crippen LogP contribution in [0.3, 0.4) is 0 Å². The van der Waals surface area contributed by atoms with Crippen LogP contribution in [0.15, 0.2) is 47.4 Å². The Morgan fingerprint density at radius 2 is 1.96 bits per heavy atom. The van der Waals surface area contributed by atoms with Gasteiger partial charge in [0.2, 0.25) is 5.91 Å². The van der Waals surface area contributed by atoms with Crippen molar-refractivity contribution in [3.8, 4) is 5.75 Å². The van der Waals surface area contributed by atoms with Gasteiger partial charge in [-0.15, -0.1) is 11.8 Å². The SMILES string of the molecule is COc1ccc(C(C)=O)cc1COC(=O)C[C@@H]1Sc2ccccc2NC1=O. The number of fused-ring (bicyclic) bond motifs is 1. The fourth-order valence-corrected chi connectivity index (χ4v) is 3.80. The number of hydrogen-bond donors (Lipinski definition) is 1. The van der Waals surface area contributed by atoms with Crippen LogP contribution in [0.4, 0.5) is 5.69 Å². The number of carbonyl (C=O) groups excluding carboxylic acids is 3. The zero-order valence-corrected chi connectivity index (χ0v) is 15.8. The molecule has 0 fully saturated rings. The number of ketones is 1. The van der Waals surface area contributed by atoms with Gasteiger partial charge in [-0.25, -0.2) is 0 Å². The third kappa shape index (κ3) is 4.49. The molecule has 1 aliphatic heterocycles. The zero-order chi connectivity index (χ0) is 19.4. The van der Waals surface area contributed by atoms with Crippen LogP contribution in [0.2, 0.25) is 0 Å². The smallest absolute Gasteiger partial charge is 0.307 e. The summed E-state index contributed by atoms with van der Waals surface area (Å²) in [7, 11) is 1.51. The number of amides is 1. The first-order valence-corrected chi connectivity index (χ1v) is 9.26. The molecule has 0 aliphatic carbocycles. The Balaban J connectivity index is 1.63. The Hall–Kier alpha value is -2.80. The van der Waals surface area contributed by atoms with E-state index in [2.05, 4.69) is 5.32 Å². The fraction of sp³-hybridized carbons (Fsp3) is 0.250. The molecule has 6 nitrogen and oxygen atoms in total. The number of thioether (sulfide) groups is 1. The maximum Gasteiger partial charge on any atom is 0.307 e. The highest BCUT2D eigenvalue weighted by molar-refractivity contribution is 8.01. The molecule has 0 saturated heterocycles. The highest BCUT2D eigenvalue weighted by Crippen LogP contribution is 2.36. The Morgan fingerprint density at radius 1 is 1.19 bits per heavy atom. The molecule has 0 bridgehead atoms. The molecule has 0 aromatic heterocycles. The molecule has 1 heterocycles. The Bertz CT molecular complexity index is 896. The molecule has 7 heteroatoms. The molecule has 1 aliphatic rings. The summed E-state index contributed by atoms with van der Waals surface area (Å²) in [6.07, 6.45) is -0.0421. The summed E-state index contributed by atoms with van der Waals surface area (Å²) in [6, 6.07) is 12.4. The van der Waals surface area contributed by atoms with Crippen molar-refractivity contribution < 1.29 is 23.9 Å². The van der Waals surface area contributed by atoms with E-state index in [1.807, 2.05) is 24.3 Å². The number of nitrogens with one attached hydrogen (secondary N) is 1. The minimum atomic E-state index is -0.544. The van der Waals surface area contributed by atoms with Crippen molar-refractivity contribution in [3.05, 3.63) is 53.6 Å². The van der Waals surface area contributed by atoms with Crippen LogP contribution in [0.1, 0.15) is 29.3 Å². The van der Waals surface area contributed by atoms with E-state index in [9.17, 15) is 14.4 Å². The molecule has 1 N–H and O–H groups in total. The van der Waals surface area contributed by atoms with Gasteiger partial charge in [-0.3, -0.25) is 14.4 Å². The summed E-state index contributed by atoms with van der Waals surface area (Å²) in [5.74, 6) is -0.255. The van der Waals surface area contributed by atoms with E-state index in [1.54, 1.807) is 18.2 Å². The van der Waals surface area contributed by atoms with Crippen molar-refractivity contribution in [2.45, 2.75) is 30.1 Å². The lowest BCUT2D eigenvalue weighted by atomic mass is 10.1. The summed E-state index contributed by atoms with van der Waals surface area (Å²) in [6.45, 7) is 1.44. The van der Waals surface area contributed by atoms with Gasteiger partial charge in [-0.05, 0) is 37.3 Å². The summed E-state index contributed by atoms with van der Waals surface area (Å²) < 4.78 is 10.6. The van der Waals surface area contributed by atoms with E-state index in [1.165, 1.54) is 25.8 Å². The van der Waals surface area contributed by atoms with Gasteiger partial charge in [0.1, 0.15) is 12.4 Å². The monoisotopic (exact) mass is 385 g/mol. The molecular weight excluding hydrogens is 366 g/mol. The quantitative estimate of drug-likeness (QED) is 0.606. The van der Waals surface area contributed by atoms with Crippen LogP contribution in [0, 0.1) is 0 Å². The van der Waals surface area contributed by atoms with Crippen LogP contribution in [0.25, 0.3) is 0 Å². The maximum absolute atomic E-state index is 12.2. The summed E-state index contributed by atoms with van der Waals surface area (Å²) >= 11 is 1.35.